The van der Waals surface area contributed by atoms with Crippen LogP contribution in [0.15, 0.2) is 58.9 Å². The lowest BCUT2D eigenvalue weighted by atomic mass is 10.2. The first-order valence-electron chi connectivity index (χ1n) is 10.3. The minimum atomic E-state index is -4.30. The standard InChI is InChI=1S/C23H18FN3O8S2/c1-34-17-9-13(24)14(10-18(17)37(32,33)27-8-7-12-5-3-4-6-16(12)27)25-23(31)26-15-11-36-20(22(30)35-2)19(15)21(28)29/h3-11H,1-2H3,(H,28,29)(H2,25,26,31). The van der Waals surface area contributed by atoms with Crippen LogP contribution in [0.1, 0.15) is 20.0 Å². The van der Waals surface area contributed by atoms with Crippen LogP contribution in [-0.2, 0) is 14.8 Å². The van der Waals surface area contributed by atoms with Gasteiger partial charge in [-0.05, 0) is 18.2 Å². The second kappa shape index (κ2) is 9.91. The Morgan fingerprint density at radius 3 is 2.43 bits per heavy atom. The van der Waals surface area contributed by atoms with Crippen molar-refractivity contribution in [3.63, 3.8) is 0 Å². The Kier molecular flexibility index (Phi) is 6.87. The monoisotopic (exact) mass is 547 g/mol. The van der Waals surface area contributed by atoms with Gasteiger partial charge in [-0.1, -0.05) is 18.2 Å². The van der Waals surface area contributed by atoms with Crippen LogP contribution in [0, 0.1) is 5.82 Å². The molecule has 0 radical (unpaired) electrons. The van der Waals surface area contributed by atoms with E-state index in [1.807, 2.05) is 0 Å². The Labute approximate surface area is 213 Å². The number of urea groups is 1. The molecule has 4 rings (SSSR count). The van der Waals surface area contributed by atoms with Gasteiger partial charge in [0, 0.05) is 23.0 Å². The van der Waals surface area contributed by atoms with Gasteiger partial charge in [0.25, 0.3) is 10.0 Å². The van der Waals surface area contributed by atoms with Gasteiger partial charge in [0.2, 0.25) is 0 Å². The third kappa shape index (κ3) is 4.71. The molecule has 0 aliphatic carbocycles. The first-order valence-corrected chi connectivity index (χ1v) is 12.6. The lowest BCUT2D eigenvalue weighted by Gasteiger charge is -2.15. The summed E-state index contributed by atoms with van der Waals surface area (Å²) in [6.07, 6.45) is 1.34. The van der Waals surface area contributed by atoms with Crippen LogP contribution in [0.4, 0.5) is 20.6 Å². The van der Waals surface area contributed by atoms with E-state index >= 15 is 0 Å². The minimum Gasteiger partial charge on any atom is -0.495 e. The fourth-order valence-corrected chi connectivity index (χ4v) is 5.97. The molecule has 0 saturated carbocycles. The molecule has 0 atom stereocenters. The number of aromatic nitrogens is 1. The molecular formula is C23H18FN3O8S2. The average Bonchev–Trinajstić information content (AvgIpc) is 3.49. The number of nitrogens with zero attached hydrogens (tertiary/aromatic N) is 1. The Morgan fingerprint density at radius 1 is 1.05 bits per heavy atom. The van der Waals surface area contributed by atoms with Crippen molar-refractivity contribution < 1.29 is 41.8 Å². The number of carbonyl (C=O) groups is 3. The van der Waals surface area contributed by atoms with Crippen LogP contribution in [0.5, 0.6) is 5.75 Å². The fourth-order valence-electron chi connectivity index (χ4n) is 3.55. The van der Waals surface area contributed by atoms with Gasteiger partial charge < -0.3 is 25.2 Å². The van der Waals surface area contributed by atoms with E-state index in [0.717, 1.165) is 34.6 Å². The number of thiophene rings is 1. The molecule has 4 aromatic rings. The molecule has 0 aliphatic rings. The Hall–Kier alpha value is -4.43. The molecule has 0 spiro atoms. The maximum atomic E-state index is 14.8. The molecule has 11 nitrogen and oxygen atoms in total. The number of carboxylic acid groups (broad SMARTS) is 1. The fraction of sp³-hybridized carbons (Fsp3) is 0.0870. The number of carbonyl (C=O) groups excluding carboxylic acids is 2. The number of hydrogen-bond acceptors (Lipinski definition) is 8. The van der Waals surface area contributed by atoms with Gasteiger partial charge in [0.05, 0.1) is 31.1 Å². The molecule has 3 N–H and O–H groups in total. The number of nitrogens with one attached hydrogen (secondary N) is 2. The maximum absolute atomic E-state index is 14.8. The number of esters is 1. The predicted octanol–water partition coefficient (Wildman–Crippen LogP) is 4.22. The van der Waals surface area contributed by atoms with Crippen molar-refractivity contribution in [2.75, 3.05) is 24.9 Å². The van der Waals surface area contributed by atoms with Crippen molar-refractivity contribution >= 4 is 61.6 Å². The molecule has 14 heteroatoms. The molecule has 2 aromatic carbocycles. The number of anilines is 2. The van der Waals surface area contributed by atoms with Crippen LogP contribution in [0.3, 0.4) is 0 Å². The molecule has 0 aliphatic heterocycles. The van der Waals surface area contributed by atoms with Crippen molar-refractivity contribution in [3.8, 4) is 5.75 Å². The second-order valence-corrected chi connectivity index (χ2v) is 10.1. The molecule has 0 saturated heterocycles. The highest BCUT2D eigenvalue weighted by atomic mass is 32.2. The molecule has 37 heavy (non-hydrogen) atoms. The van der Waals surface area contributed by atoms with Crippen molar-refractivity contribution in [1.29, 1.82) is 0 Å². The number of para-hydroxylation sites is 1. The summed E-state index contributed by atoms with van der Waals surface area (Å²) < 4.78 is 52.4. The number of hydrogen-bond donors (Lipinski definition) is 3. The van der Waals surface area contributed by atoms with Gasteiger partial charge in [-0.2, -0.15) is 0 Å². The topological polar surface area (TPSA) is 153 Å². The summed E-state index contributed by atoms with van der Waals surface area (Å²) in [7, 11) is -2.06. The summed E-state index contributed by atoms with van der Waals surface area (Å²) in [4.78, 5) is 35.4. The number of halogens is 1. The van der Waals surface area contributed by atoms with Crippen molar-refractivity contribution in [3.05, 3.63) is 70.3 Å². The van der Waals surface area contributed by atoms with E-state index in [-0.39, 0.29) is 16.3 Å². The van der Waals surface area contributed by atoms with Crippen molar-refractivity contribution in [2.24, 2.45) is 0 Å². The van der Waals surface area contributed by atoms with E-state index in [0.29, 0.717) is 10.9 Å². The van der Waals surface area contributed by atoms with Crippen molar-refractivity contribution in [1.82, 2.24) is 3.97 Å². The molecule has 2 amide bonds. The molecule has 2 heterocycles. The summed E-state index contributed by atoms with van der Waals surface area (Å²) in [6, 6.07) is 8.93. The number of ether oxygens (including phenoxy) is 2. The van der Waals surface area contributed by atoms with E-state index in [4.69, 9.17) is 4.74 Å². The molecule has 0 fully saturated rings. The normalized spacial score (nSPS) is 11.2. The van der Waals surface area contributed by atoms with E-state index < -0.39 is 50.0 Å². The Balaban J connectivity index is 1.69. The van der Waals surface area contributed by atoms with E-state index in [9.17, 15) is 32.3 Å². The van der Waals surface area contributed by atoms with E-state index in [1.54, 1.807) is 30.3 Å². The number of benzene rings is 2. The number of amides is 2. The second-order valence-electron chi connectivity index (χ2n) is 7.39. The zero-order valence-electron chi connectivity index (χ0n) is 19.1. The van der Waals surface area contributed by atoms with Crippen LogP contribution >= 0.6 is 11.3 Å². The Morgan fingerprint density at radius 2 is 1.76 bits per heavy atom. The first kappa shape index (κ1) is 25.7. The van der Waals surface area contributed by atoms with E-state index in [2.05, 4.69) is 15.4 Å². The van der Waals surface area contributed by atoms with E-state index in [1.165, 1.54) is 18.7 Å². The SMILES string of the molecule is COC(=O)c1scc(NC(=O)Nc2cc(S(=O)(=O)n3ccc4ccccc43)c(OC)cc2F)c1C(=O)O. The molecule has 0 unspecified atom stereocenters. The van der Waals surface area contributed by atoms with Gasteiger partial charge in [-0.25, -0.2) is 31.2 Å². The molecule has 2 aromatic heterocycles. The lowest BCUT2D eigenvalue weighted by Crippen LogP contribution is -2.22. The van der Waals surface area contributed by atoms with Crippen molar-refractivity contribution in [2.45, 2.75) is 4.90 Å². The van der Waals surface area contributed by atoms with Crippen LogP contribution in [0.2, 0.25) is 0 Å². The summed E-state index contributed by atoms with van der Waals surface area (Å²) in [6.45, 7) is 0. The summed E-state index contributed by atoms with van der Waals surface area (Å²) >= 11 is 0.728. The quantitative estimate of drug-likeness (QED) is 0.291. The average molecular weight is 548 g/mol. The third-order valence-corrected chi connectivity index (χ3v) is 7.90. The number of aromatic carboxylic acids is 1. The van der Waals surface area contributed by atoms with Gasteiger partial charge >= 0.3 is 18.0 Å². The highest BCUT2D eigenvalue weighted by molar-refractivity contribution is 7.90. The highest BCUT2D eigenvalue weighted by Gasteiger charge is 2.27. The summed E-state index contributed by atoms with van der Waals surface area (Å²) in [5.41, 5.74) is -0.893. The minimum absolute atomic E-state index is 0.240. The van der Waals surface area contributed by atoms with Crippen LogP contribution < -0.4 is 15.4 Å². The molecule has 192 valence electrons. The zero-order valence-corrected chi connectivity index (χ0v) is 20.8. The number of carboxylic acids is 1. The first-order chi connectivity index (χ1) is 17.6. The van der Waals surface area contributed by atoms with Gasteiger partial charge in [0.1, 0.15) is 21.1 Å². The number of methoxy groups -OCH3 is 2. The predicted molar refractivity (Wildman–Crippen MR) is 133 cm³/mol. The largest absolute Gasteiger partial charge is 0.495 e. The Bertz CT molecular complexity index is 1660. The third-order valence-electron chi connectivity index (χ3n) is 5.23. The highest BCUT2D eigenvalue weighted by Crippen LogP contribution is 2.33. The lowest BCUT2D eigenvalue weighted by molar-refractivity contribution is 0.0589. The zero-order chi connectivity index (χ0) is 26.9. The summed E-state index contributed by atoms with van der Waals surface area (Å²) in [5.74, 6) is -3.72. The number of rotatable bonds is 7. The van der Waals surface area contributed by atoms with Gasteiger partial charge in [-0.3, -0.25) is 0 Å². The molecule has 0 bridgehead atoms. The van der Waals surface area contributed by atoms with Gasteiger partial charge in [-0.15, -0.1) is 11.3 Å². The van der Waals surface area contributed by atoms with Crippen LogP contribution in [0.25, 0.3) is 10.9 Å². The smallest absolute Gasteiger partial charge is 0.349 e. The van der Waals surface area contributed by atoms with Crippen LogP contribution in [-0.4, -0.2) is 49.7 Å². The van der Waals surface area contributed by atoms with Gasteiger partial charge in [0.15, 0.2) is 5.82 Å². The summed E-state index contributed by atoms with van der Waals surface area (Å²) in [5, 5.41) is 15.7. The molecular weight excluding hydrogens is 529 g/mol. The number of fused-ring (bicyclic) bond motifs is 1. The maximum Gasteiger partial charge on any atom is 0.349 e.